The Bertz CT molecular complexity index is 404. The van der Waals surface area contributed by atoms with Crippen LogP contribution in [0.1, 0.15) is 41.0 Å². The van der Waals surface area contributed by atoms with Gasteiger partial charge < -0.3 is 5.73 Å². The van der Waals surface area contributed by atoms with Crippen LogP contribution in [0.2, 0.25) is 0 Å². The van der Waals surface area contributed by atoms with Gasteiger partial charge in [0.2, 0.25) is 0 Å². The van der Waals surface area contributed by atoms with Crippen LogP contribution >= 0.6 is 11.8 Å². The van der Waals surface area contributed by atoms with Gasteiger partial charge in [0.1, 0.15) is 5.37 Å². The van der Waals surface area contributed by atoms with E-state index >= 15 is 0 Å². The summed E-state index contributed by atoms with van der Waals surface area (Å²) in [4.78, 5) is 2.17. The molecule has 0 aliphatic carbocycles. The van der Waals surface area contributed by atoms with E-state index < -0.39 is 9.84 Å². The molecule has 1 rings (SSSR count). The average molecular weight is 323 g/mol. The molecule has 0 spiro atoms. The van der Waals surface area contributed by atoms with Crippen LogP contribution in [0.5, 0.6) is 0 Å². The Labute approximate surface area is 128 Å². The molecule has 4 nitrogen and oxygen atoms in total. The second-order valence-electron chi connectivity index (χ2n) is 6.60. The molecule has 2 N–H and O–H groups in total. The highest BCUT2D eigenvalue weighted by atomic mass is 32.2. The number of hydrogen-bond donors (Lipinski definition) is 1. The first kappa shape index (κ1) is 18.3. The monoisotopic (exact) mass is 322 g/mol. The van der Waals surface area contributed by atoms with Gasteiger partial charge in [-0.3, -0.25) is 4.90 Å². The molecule has 120 valence electrons. The Morgan fingerprint density at radius 2 is 1.95 bits per heavy atom. The minimum absolute atomic E-state index is 0.00709. The fraction of sp³-hybridized carbons (Fsp3) is 1.00. The van der Waals surface area contributed by atoms with Crippen molar-refractivity contribution in [1.82, 2.24) is 4.90 Å². The zero-order valence-electron chi connectivity index (χ0n) is 13.4. The third kappa shape index (κ3) is 4.12. The van der Waals surface area contributed by atoms with Gasteiger partial charge in [0, 0.05) is 35.9 Å². The zero-order chi connectivity index (χ0) is 15.6. The molecule has 3 atom stereocenters. The number of rotatable bonds is 5. The van der Waals surface area contributed by atoms with Crippen LogP contribution in [0, 0.1) is 5.41 Å². The van der Waals surface area contributed by atoms with Crippen LogP contribution in [-0.2, 0) is 9.84 Å². The van der Waals surface area contributed by atoms with E-state index in [9.17, 15) is 8.42 Å². The van der Waals surface area contributed by atoms with Crippen LogP contribution in [0.4, 0.5) is 0 Å². The lowest BCUT2D eigenvalue weighted by atomic mass is 9.80. The summed E-state index contributed by atoms with van der Waals surface area (Å²) in [5.74, 6) is 1.85. The van der Waals surface area contributed by atoms with Crippen molar-refractivity contribution in [3.8, 4) is 0 Å². The molecule has 0 aromatic heterocycles. The highest BCUT2D eigenvalue weighted by Crippen LogP contribution is 2.33. The van der Waals surface area contributed by atoms with Crippen molar-refractivity contribution in [2.75, 3.05) is 23.8 Å². The molecule has 0 aromatic rings. The van der Waals surface area contributed by atoms with E-state index in [1.54, 1.807) is 18.7 Å². The normalized spacial score (nSPS) is 25.4. The lowest BCUT2D eigenvalue weighted by Gasteiger charge is -2.48. The van der Waals surface area contributed by atoms with Crippen molar-refractivity contribution in [3.63, 3.8) is 0 Å². The number of hydrogen-bond acceptors (Lipinski definition) is 5. The van der Waals surface area contributed by atoms with E-state index in [1.165, 1.54) is 0 Å². The summed E-state index contributed by atoms with van der Waals surface area (Å²) in [5, 5.41) is -0.381. The van der Waals surface area contributed by atoms with Gasteiger partial charge in [0.05, 0.1) is 0 Å². The van der Waals surface area contributed by atoms with Crippen molar-refractivity contribution in [2.45, 2.75) is 58.5 Å². The van der Waals surface area contributed by atoms with Crippen LogP contribution in [0.3, 0.4) is 0 Å². The first-order valence-electron chi connectivity index (χ1n) is 7.45. The smallest absolute Gasteiger partial charge is 0.166 e. The van der Waals surface area contributed by atoms with E-state index in [-0.39, 0.29) is 28.6 Å². The van der Waals surface area contributed by atoms with Gasteiger partial charge in [-0.05, 0) is 11.8 Å². The zero-order valence-corrected chi connectivity index (χ0v) is 15.1. The molecule has 20 heavy (non-hydrogen) atoms. The van der Waals surface area contributed by atoms with Crippen LogP contribution < -0.4 is 5.73 Å². The van der Waals surface area contributed by atoms with Gasteiger partial charge in [-0.1, -0.05) is 34.6 Å². The molecule has 1 aliphatic heterocycles. The van der Waals surface area contributed by atoms with Gasteiger partial charge in [0.15, 0.2) is 9.84 Å². The van der Waals surface area contributed by atoms with E-state index in [0.717, 1.165) is 18.7 Å². The number of sulfone groups is 1. The first-order chi connectivity index (χ1) is 9.15. The fourth-order valence-corrected chi connectivity index (χ4v) is 6.07. The summed E-state index contributed by atoms with van der Waals surface area (Å²) in [5.41, 5.74) is 6.31. The Hall–Kier alpha value is 0.220. The predicted molar refractivity (Wildman–Crippen MR) is 88.8 cm³/mol. The summed E-state index contributed by atoms with van der Waals surface area (Å²) < 4.78 is 24.8. The van der Waals surface area contributed by atoms with E-state index in [2.05, 4.69) is 32.6 Å². The Kier molecular flexibility index (Phi) is 6.38. The molecule has 1 saturated heterocycles. The molecule has 0 aromatic carbocycles. The summed E-state index contributed by atoms with van der Waals surface area (Å²) in [6.45, 7) is 11.1. The number of nitrogens with two attached hydrogens (primary N) is 1. The van der Waals surface area contributed by atoms with Gasteiger partial charge in [-0.2, -0.15) is 11.8 Å². The molecule has 6 heteroatoms. The molecular weight excluding hydrogens is 292 g/mol. The van der Waals surface area contributed by atoms with Crippen LogP contribution in [0.15, 0.2) is 0 Å². The molecule has 0 radical (unpaired) electrons. The number of nitrogens with zero attached hydrogens (tertiary/aromatic N) is 1. The maximum Gasteiger partial charge on any atom is 0.166 e. The highest BCUT2D eigenvalue weighted by molar-refractivity contribution is 8.01. The SMILES string of the molecule is CCC(N)C(N1CCSCC1S(=O)(=O)CC)C(C)(C)C. The average Bonchev–Trinajstić information content (AvgIpc) is 2.37. The third-order valence-electron chi connectivity index (χ3n) is 4.06. The maximum absolute atomic E-state index is 12.4. The van der Waals surface area contributed by atoms with Crippen molar-refractivity contribution < 1.29 is 8.42 Å². The van der Waals surface area contributed by atoms with Gasteiger partial charge >= 0.3 is 0 Å². The largest absolute Gasteiger partial charge is 0.326 e. The first-order valence-corrected chi connectivity index (χ1v) is 10.3. The minimum atomic E-state index is -3.07. The Balaban J connectivity index is 3.14. The second kappa shape index (κ2) is 6.99. The fourth-order valence-electron chi connectivity index (χ4n) is 3.02. The van der Waals surface area contributed by atoms with Gasteiger partial charge in [-0.25, -0.2) is 8.42 Å². The Morgan fingerprint density at radius 3 is 2.40 bits per heavy atom. The molecule has 3 unspecified atom stereocenters. The van der Waals surface area contributed by atoms with Crippen molar-refractivity contribution in [1.29, 1.82) is 0 Å². The molecular formula is C14H30N2O2S2. The summed E-state index contributed by atoms with van der Waals surface area (Å²) in [7, 11) is -3.07. The molecule has 1 aliphatic rings. The lowest BCUT2D eigenvalue weighted by molar-refractivity contribution is 0.0727. The minimum Gasteiger partial charge on any atom is -0.326 e. The molecule has 1 fully saturated rings. The molecule has 0 amide bonds. The van der Waals surface area contributed by atoms with Crippen LogP contribution in [0.25, 0.3) is 0 Å². The Morgan fingerprint density at radius 1 is 1.35 bits per heavy atom. The topological polar surface area (TPSA) is 63.4 Å². The second-order valence-corrected chi connectivity index (χ2v) is 10.2. The van der Waals surface area contributed by atoms with E-state index in [0.29, 0.717) is 5.75 Å². The number of thioether (sulfide) groups is 1. The molecule has 1 heterocycles. The highest BCUT2D eigenvalue weighted by Gasteiger charge is 2.43. The third-order valence-corrected chi connectivity index (χ3v) is 7.37. The van der Waals surface area contributed by atoms with Crippen molar-refractivity contribution >= 4 is 21.6 Å². The van der Waals surface area contributed by atoms with Crippen LogP contribution in [-0.4, -0.2) is 54.6 Å². The summed E-state index contributed by atoms with van der Waals surface area (Å²) in [6.07, 6.45) is 0.866. The predicted octanol–water partition coefficient (Wildman–Crippen LogP) is 1.95. The van der Waals surface area contributed by atoms with Crippen molar-refractivity contribution in [2.24, 2.45) is 11.1 Å². The van der Waals surface area contributed by atoms with Gasteiger partial charge in [0.25, 0.3) is 0 Å². The lowest BCUT2D eigenvalue weighted by Crippen LogP contribution is -2.62. The quantitative estimate of drug-likeness (QED) is 0.838. The van der Waals surface area contributed by atoms with Gasteiger partial charge in [-0.15, -0.1) is 0 Å². The van der Waals surface area contributed by atoms with E-state index in [1.807, 2.05) is 0 Å². The summed E-state index contributed by atoms with van der Waals surface area (Å²) >= 11 is 1.73. The molecule has 0 saturated carbocycles. The van der Waals surface area contributed by atoms with Crippen molar-refractivity contribution in [3.05, 3.63) is 0 Å². The molecule has 0 bridgehead atoms. The standard InChI is InChI=1S/C14H30N2O2S2/c1-6-11(15)13(14(3,4)5)16-8-9-19-10-12(16)20(17,18)7-2/h11-13H,6-10,15H2,1-5H3. The van der Waals surface area contributed by atoms with E-state index in [4.69, 9.17) is 5.73 Å². The summed E-state index contributed by atoms with van der Waals surface area (Å²) in [6, 6.07) is 0.104. The maximum atomic E-state index is 12.4.